The number of ether oxygens (including phenoxy) is 3. The second kappa shape index (κ2) is 12.9. The SMILES string of the molecule is CCOc1cc(/C=N/Nc2nc(Nc3cc(Cl)c(C)cc3Br)nc(N3CCOCC3)n2)cc(I)c1OC. The maximum atomic E-state index is 6.34. The summed E-state index contributed by atoms with van der Waals surface area (Å²) in [5.41, 5.74) is 5.46. The quantitative estimate of drug-likeness (QED) is 0.167. The highest BCUT2D eigenvalue weighted by molar-refractivity contribution is 14.1. The fourth-order valence-corrected chi connectivity index (χ4v) is 5.09. The van der Waals surface area contributed by atoms with Crippen LogP contribution in [0.25, 0.3) is 0 Å². The normalized spacial score (nSPS) is 13.6. The van der Waals surface area contributed by atoms with Crippen molar-refractivity contribution in [2.45, 2.75) is 13.8 Å². The van der Waals surface area contributed by atoms with Crippen LogP contribution in [0.5, 0.6) is 11.5 Å². The van der Waals surface area contributed by atoms with E-state index >= 15 is 0 Å². The Bertz CT molecular complexity index is 1290. The second-order valence-corrected chi connectivity index (χ2v) is 10.3. The van der Waals surface area contributed by atoms with Gasteiger partial charge in [0.2, 0.25) is 17.8 Å². The lowest BCUT2D eigenvalue weighted by atomic mass is 10.2. The van der Waals surface area contributed by atoms with Gasteiger partial charge < -0.3 is 24.4 Å². The lowest BCUT2D eigenvalue weighted by Crippen LogP contribution is -2.37. The Morgan fingerprint density at radius 1 is 1.19 bits per heavy atom. The van der Waals surface area contributed by atoms with Gasteiger partial charge in [0.25, 0.3) is 0 Å². The van der Waals surface area contributed by atoms with Gasteiger partial charge in [-0.05, 0) is 87.8 Å². The summed E-state index contributed by atoms with van der Waals surface area (Å²) in [5.74, 6) is 2.51. The van der Waals surface area contributed by atoms with Crippen LogP contribution in [-0.2, 0) is 4.74 Å². The Hall–Kier alpha value is -2.42. The largest absolute Gasteiger partial charge is 0.492 e. The molecule has 196 valence electrons. The van der Waals surface area contributed by atoms with E-state index in [-0.39, 0.29) is 5.95 Å². The summed E-state index contributed by atoms with van der Waals surface area (Å²) in [4.78, 5) is 15.8. The highest BCUT2D eigenvalue weighted by atomic mass is 127. The van der Waals surface area contributed by atoms with Crippen molar-refractivity contribution in [2.75, 3.05) is 55.7 Å². The molecule has 0 aliphatic carbocycles. The lowest BCUT2D eigenvalue weighted by molar-refractivity contribution is 0.122. The molecule has 1 fully saturated rings. The molecule has 1 saturated heterocycles. The third-order valence-corrected chi connectivity index (χ3v) is 7.19. The van der Waals surface area contributed by atoms with Crippen molar-refractivity contribution in [3.05, 3.63) is 48.5 Å². The number of nitrogens with zero attached hydrogens (tertiary/aromatic N) is 5. The first-order valence-corrected chi connectivity index (χ1v) is 13.7. The molecule has 0 atom stereocenters. The molecule has 2 aromatic carbocycles. The van der Waals surface area contributed by atoms with Crippen molar-refractivity contribution in [2.24, 2.45) is 5.10 Å². The van der Waals surface area contributed by atoms with Crippen LogP contribution in [0.15, 0.2) is 33.8 Å². The number of hydrogen-bond acceptors (Lipinski definition) is 10. The van der Waals surface area contributed by atoms with Crippen LogP contribution in [0.1, 0.15) is 18.1 Å². The van der Waals surface area contributed by atoms with Gasteiger partial charge in [-0.15, -0.1) is 0 Å². The molecule has 1 aromatic heterocycles. The topological polar surface area (TPSA) is 106 Å². The third kappa shape index (κ3) is 7.12. The van der Waals surface area contributed by atoms with Crippen LogP contribution in [0.2, 0.25) is 5.02 Å². The van der Waals surface area contributed by atoms with Crippen LogP contribution in [0, 0.1) is 10.5 Å². The number of halogens is 3. The van der Waals surface area contributed by atoms with Gasteiger partial charge in [0, 0.05) is 22.6 Å². The Morgan fingerprint density at radius 3 is 2.68 bits per heavy atom. The molecule has 10 nitrogen and oxygen atoms in total. The predicted molar refractivity (Wildman–Crippen MR) is 158 cm³/mol. The van der Waals surface area contributed by atoms with E-state index in [9.17, 15) is 0 Å². The summed E-state index contributed by atoms with van der Waals surface area (Å²) in [6, 6.07) is 7.58. The molecule has 0 amide bonds. The van der Waals surface area contributed by atoms with Gasteiger partial charge in [-0.3, -0.25) is 0 Å². The Morgan fingerprint density at radius 2 is 1.95 bits per heavy atom. The summed E-state index contributed by atoms with van der Waals surface area (Å²) in [5, 5.41) is 8.23. The van der Waals surface area contributed by atoms with E-state index in [2.05, 4.69) is 69.3 Å². The molecule has 37 heavy (non-hydrogen) atoms. The smallest absolute Gasteiger partial charge is 0.250 e. The molecule has 1 aliphatic heterocycles. The Kier molecular flexibility index (Phi) is 9.62. The van der Waals surface area contributed by atoms with E-state index in [1.54, 1.807) is 13.3 Å². The molecule has 0 saturated carbocycles. The van der Waals surface area contributed by atoms with Gasteiger partial charge in [-0.25, -0.2) is 5.43 Å². The lowest BCUT2D eigenvalue weighted by Gasteiger charge is -2.27. The maximum absolute atomic E-state index is 6.34. The second-order valence-electron chi connectivity index (χ2n) is 7.93. The number of rotatable bonds is 9. The first-order valence-electron chi connectivity index (χ1n) is 11.5. The summed E-state index contributed by atoms with van der Waals surface area (Å²) in [6.07, 6.45) is 1.67. The summed E-state index contributed by atoms with van der Waals surface area (Å²) in [6.45, 7) is 6.96. The van der Waals surface area contributed by atoms with Crippen molar-refractivity contribution < 1.29 is 14.2 Å². The zero-order chi connectivity index (χ0) is 26.4. The number of hydrogen-bond donors (Lipinski definition) is 2. The molecule has 0 bridgehead atoms. The molecule has 0 spiro atoms. The highest BCUT2D eigenvalue weighted by Gasteiger charge is 2.17. The number of morpholine rings is 1. The van der Waals surface area contributed by atoms with Crippen LogP contribution in [0.4, 0.5) is 23.5 Å². The van der Waals surface area contributed by atoms with E-state index in [0.29, 0.717) is 61.3 Å². The van der Waals surface area contributed by atoms with E-state index in [0.717, 1.165) is 24.9 Å². The standard InChI is InChI=1S/C24H26BrClIN7O3/c1-4-37-20-11-15(10-18(27)21(20)35-3)13-28-33-23-30-22(29-19-12-17(26)14(2)9-16(19)25)31-24(32-23)34-5-7-36-8-6-34/h9-13H,4-8H2,1-3H3,(H2,29,30,31,32,33)/b28-13+. The van der Waals surface area contributed by atoms with Crippen molar-refractivity contribution >= 4 is 79.9 Å². The summed E-state index contributed by atoms with van der Waals surface area (Å²) >= 11 is 12.1. The molecule has 4 rings (SSSR count). The van der Waals surface area contributed by atoms with E-state index in [4.69, 9.17) is 25.8 Å². The van der Waals surface area contributed by atoms with Crippen molar-refractivity contribution in [3.8, 4) is 11.5 Å². The molecule has 0 unspecified atom stereocenters. The van der Waals surface area contributed by atoms with Crippen LogP contribution in [0.3, 0.4) is 0 Å². The van der Waals surface area contributed by atoms with Crippen molar-refractivity contribution in [3.63, 3.8) is 0 Å². The van der Waals surface area contributed by atoms with Crippen LogP contribution < -0.4 is 25.1 Å². The number of benzene rings is 2. The van der Waals surface area contributed by atoms with Gasteiger partial charge in [0.1, 0.15) is 0 Å². The van der Waals surface area contributed by atoms with Crippen LogP contribution in [-0.4, -0.2) is 61.2 Å². The molecule has 3 aromatic rings. The minimum absolute atomic E-state index is 0.290. The van der Waals surface area contributed by atoms with Crippen molar-refractivity contribution in [1.29, 1.82) is 0 Å². The zero-order valence-electron chi connectivity index (χ0n) is 20.5. The molecule has 2 N–H and O–H groups in total. The molecule has 13 heteroatoms. The maximum Gasteiger partial charge on any atom is 0.250 e. The Labute approximate surface area is 242 Å². The first kappa shape index (κ1) is 27.6. The number of aromatic nitrogens is 3. The number of anilines is 4. The van der Waals surface area contributed by atoms with Crippen molar-refractivity contribution in [1.82, 2.24) is 15.0 Å². The number of aryl methyl sites for hydroxylation is 1. The van der Waals surface area contributed by atoms with Gasteiger partial charge in [-0.1, -0.05) is 11.6 Å². The van der Waals surface area contributed by atoms with Gasteiger partial charge in [-0.2, -0.15) is 20.1 Å². The monoisotopic (exact) mass is 701 g/mol. The van der Waals surface area contributed by atoms with Gasteiger partial charge in [0.05, 0.1) is 42.4 Å². The van der Waals surface area contributed by atoms with Crippen LogP contribution >= 0.6 is 50.1 Å². The average Bonchev–Trinajstić information content (AvgIpc) is 2.88. The Balaban J connectivity index is 1.61. The number of methoxy groups -OCH3 is 1. The summed E-state index contributed by atoms with van der Waals surface area (Å²) < 4.78 is 18.4. The average molecular weight is 703 g/mol. The summed E-state index contributed by atoms with van der Waals surface area (Å²) in [7, 11) is 1.62. The van der Waals surface area contributed by atoms with E-state index in [1.165, 1.54) is 0 Å². The molecule has 2 heterocycles. The molecule has 0 radical (unpaired) electrons. The number of hydrazone groups is 1. The minimum atomic E-state index is 0.290. The predicted octanol–water partition coefficient (Wildman–Crippen LogP) is 5.63. The van der Waals surface area contributed by atoms with Gasteiger partial charge >= 0.3 is 0 Å². The fraction of sp³-hybridized carbons (Fsp3) is 0.333. The number of nitrogens with one attached hydrogen (secondary N) is 2. The van der Waals surface area contributed by atoms with E-state index < -0.39 is 0 Å². The van der Waals surface area contributed by atoms with E-state index in [1.807, 2.05) is 43.0 Å². The molecule has 1 aliphatic rings. The highest BCUT2D eigenvalue weighted by Crippen LogP contribution is 2.34. The third-order valence-electron chi connectivity index (χ3n) is 5.33. The zero-order valence-corrected chi connectivity index (χ0v) is 25.0. The molecular weight excluding hydrogens is 677 g/mol. The van der Waals surface area contributed by atoms with Gasteiger partial charge in [0.15, 0.2) is 11.5 Å². The minimum Gasteiger partial charge on any atom is -0.492 e. The first-order chi connectivity index (χ1) is 17.9. The fourth-order valence-electron chi connectivity index (χ4n) is 3.53. The molecular formula is C24H26BrClIN7O3.